The molecule has 1 N–H and O–H groups in total. The minimum absolute atomic E-state index is 0.00659. The molecule has 12 heteroatoms. The number of rotatable bonds is 9. The van der Waals surface area contributed by atoms with Crippen molar-refractivity contribution in [1.82, 2.24) is 9.80 Å². The van der Waals surface area contributed by atoms with Crippen LogP contribution in [0.25, 0.3) is 0 Å². The largest absolute Gasteiger partial charge is 0.497 e. The number of carboxylic acid groups (broad SMARTS) is 1. The Bertz CT molecular complexity index is 1440. The summed E-state index contributed by atoms with van der Waals surface area (Å²) >= 11 is 0. The molecule has 0 aromatic heterocycles. The summed E-state index contributed by atoms with van der Waals surface area (Å²) in [5.74, 6) is -2.77. The zero-order valence-corrected chi connectivity index (χ0v) is 26.8. The van der Waals surface area contributed by atoms with Crippen LogP contribution in [0.3, 0.4) is 0 Å². The first-order chi connectivity index (χ1) is 22.4. The molecule has 256 valence electrons. The second-order valence-electron chi connectivity index (χ2n) is 13.6. The zero-order valence-electron chi connectivity index (χ0n) is 26.8. The highest BCUT2D eigenvalue weighted by atomic mass is 19.4. The van der Waals surface area contributed by atoms with Gasteiger partial charge in [-0.3, -0.25) is 14.5 Å². The lowest BCUT2D eigenvalue weighted by Gasteiger charge is -2.35. The molecule has 4 fully saturated rings. The first-order valence-electron chi connectivity index (χ1n) is 16.5. The van der Waals surface area contributed by atoms with Crippen molar-refractivity contribution in [2.75, 3.05) is 65.0 Å². The summed E-state index contributed by atoms with van der Waals surface area (Å²) in [6.45, 7) is 1.60. The Morgan fingerprint density at radius 3 is 2.26 bits per heavy atom. The van der Waals surface area contributed by atoms with Crippen molar-refractivity contribution in [3.8, 4) is 5.75 Å². The summed E-state index contributed by atoms with van der Waals surface area (Å²) in [4.78, 5) is 31.4. The van der Waals surface area contributed by atoms with Crippen LogP contribution >= 0.6 is 0 Å². The van der Waals surface area contributed by atoms with E-state index in [0.717, 1.165) is 37.0 Å². The number of likely N-dealkylation sites (tertiary alicyclic amines) is 2. The van der Waals surface area contributed by atoms with Gasteiger partial charge in [-0.2, -0.15) is 13.2 Å². The second-order valence-corrected chi connectivity index (χ2v) is 13.6. The maximum atomic E-state index is 17.5. The number of nitrogens with zero attached hydrogens (tertiary/aromatic N) is 3. The summed E-state index contributed by atoms with van der Waals surface area (Å²) in [6, 6.07) is 11.1. The minimum Gasteiger partial charge on any atom is -0.497 e. The Balaban J connectivity index is 1.31. The van der Waals surface area contributed by atoms with Crippen molar-refractivity contribution in [2.45, 2.75) is 61.8 Å². The third-order valence-electron chi connectivity index (χ3n) is 10.9. The topological polar surface area (TPSA) is 82.6 Å². The van der Waals surface area contributed by atoms with Crippen LogP contribution in [0.2, 0.25) is 0 Å². The van der Waals surface area contributed by atoms with E-state index in [-0.39, 0.29) is 38.2 Å². The van der Waals surface area contributed by atoms with Gasteiger partial charge in [-0.05, 0) is 61.1 Å². The summed E-state index contributed by atoms with van der Waals surface area (Å²) in [7, 11) is 3.10. The third-order valence-corrected chi connectivity index (χ3v) is 10.9. The second kappa shape index (κ2) is 13.3. The van der Waals surface area contributed by atoms with Crippen molar-refractivity contribution < 1.29 is 41.7 Å². The molecular formula is C35H43F4N3O5. The molecule has 1 saturated carbocycles. The van der Waals surface area contributed by atoms with Crippen LogP contribution in [-0.2, 0) is 20.5 Å². The van der Waals surface area contributed by atoms with Crippen molar-refractivity contribution in [3.05, 3.63) is 59.2 Å². The van der Waals surface area contributed by atoms with Crippen molar-refractivity contribution in [2.24, 2.45) is 11.8 Å². The van der Waals surface area contributed by atoms with Crippen LogP contribution in [0.1, 0.15) is 60.6 Å². The number of aliphatic carboxylic acids is 1. The number of piperidine rings is 1. The molecule has 0 spiro atoms. The molecular weight excluding hydrogens is 618 g/mol. The lowest BCUT2D eigenvalue weighted by atomic mass is 9.85. The minimum atomic E-state index is -4.57. The molecule has 2 aromatic carbocycles. The van der Waals surface area contributed by atoms with E-state index in [1.807, 2.05) is 17.0 Å². The molecule has 2 aromatic rings. The number of carboxylic acids is 1. The van der Waals surface area contributed by atoms with Crippen molar-refractivity contribution in [3.63, 3.8) is 0 Å². The normalized spacial score (nSPS) is 27.7. The summed E-state index contributed by atoms with van der Waals surface area (Å²) in [6.07, 6.45) is -0.907. The Kier molecular flexibility index (Phi) is 9.46. The smallest absolute Gasteiger partial charge is 0.416 e. The van der Waals surface area contributed by atoms with Gasteiger partial charge in [-0.1, -0.05) is 24.6 Å². The average molecular weight is 662 g/mol. The van der Waals surface area contributed by atoms with Gasteiger partial charge in [0.25, 0.3) is 5.91 Å². The van der Waals surface area contributed by atoms with E-state index in [0.29, 0.717) is 49.5 Å². The molecule has 0 radical (unpaired) electrons. The predicted molar refractivity (Wildman–Crippen MR) is 167 cm³/mol. The van der Waals surface area contributed by atoms with Gasteiger partial charge in [0.05, 0.1) is 25.2 Å². The standard InChI is InChI=1S/C35H43F4N3O5/c1-46-20-24-17-41(33(45)34(36)21-42(26-4-3-5-26)19-30(34)22-6-9-27(47-2)10-7-22)18-29(24)28-11-8-25(35(37,38)39)16-31(28)40-14-12-23(13-15-40)32(43)44/h6-11,16,23-24,26,29-30H,3-5,12-15,17-21H2,1-2H3,(H,43,44)/t24-,29+,30+,34+/m1/s1. The summed E-state index contributed by atoms with van der Waals surface area (Å²) in [5, 5.41) is 9.48. The van der Waals surface area contributed by atoms with Gasteiger partial charge in [0.2, 0.25) is 5.67 Å². The number of ether oxygens (including phenoxy) is 2. The van der Waals surface area contributed by atoms with Gasteiger partial charge in [0.15, 0.2) is 0 Å². The molecule has 4 atom stereocenters. The van der Waals surface area contributed by atoms with E-state index in [4.69, 9.17) is 9.47 Å². The molecule has 8 nitrogen and oxygen atoms in total. The lowest BCUT2D eigenvalue weighted by molar-refractivity contribution is -0.143. The Morgan fingerprint density at radius 1 is 0.979 bits per heavy atom. The highest BCUT2D eigenvalue weighted by Gasteiger charge is 2.58. The highest BCUT2D eigenvalue weighted by molar-refractivity contribution is 5.88. The van der Waals surface area contributed by atoms with E-state index >= 15 is 4.39 Å². The van der Waals surface area contributed by atoms with Crippen LogP contribution in [0.4, 0.5) is 23.2 Å². The molecule has 3 aliphatic heterocycles. The van der Waals surface area contributed by atoms with Crippen LogP contribution in [-0.4, -0.2) is 98.6 Å². The van der Waals surface area contributed by atoms with Crippen molar-refractivity contribution in [1.29, 1.82) is 0 Å². The van der Waals surface area contributed by atoms with Gasteiger partial charge < -0.3 is 24.4 Å². The summed E-state index contributed by atoms with van der Waals surface area (Å²) in [5.41, 5.74) is -1.24. The Hall–Kier alpha value is -3.38. The number of carbonyl (C=O) groups excluding carboxylic acids is 1. The van der Waals surface area contributed by atoms with Crippen LogP contribution in [0.5, 0.6) is 5.75 Å². The molecule has 3 heterocycles. The number of hydrogen-bond donors (Lipinski definition) is 1. The van der Waals surface area contributed by atoms with E-state index in [2.05, 4.69) is 4.90 Å². The average Bonchev–Trinajstić information content (AvgIpc) is 3.61. The molecule has 1 aliphatic carbocycles. The van der Waals surface area contributed by atoms with E-state index in [1.165, 1.54) is 13.2 Å². The monoisotopic (exact) mass is 661 g/mol. The number of halogens is 4. The fraction of sp³-hybridized carbons (Fsp3) is 0.600. The molecule has 6 rings (SSSR count). The number of alkyl halides is 4. The lowest BCUT2D eigenvalue weighted by Crippen LogP contribution is -2.50. The number of hydrogen-bond acceptors (Lipinski definition) is 6. The Morgan fingerprint density at radius 2 is 1.68 bits per heavy atom. The first kappa shape index (κ1) is 33.5. The molecule has 1 amide bonds. The quantitative estimate of drug-likeness (QED) is 0.353. The van der Waals surface area contributed by atoms with Crippen LogP contribution < -0.4 is 9.64 Å². The maximum Gasteiger partial charge on any atom is 0.416 e. The predicted octanol–water partition coefficient (Wildman–Crippen LogP) is 5.56. The SMILES string of the molecule is COC[C@H]1CN(C(=O)[C@]2(F)CN(C3CCC3)C[C@H]2c2ccc(OC)cc2)C[C@@H]1c1ccc(C(F)(F)F)cc1N1CCC(C(=O)O)CC1. The zero-order chi connectivity index (χ0) is 33.5. The summed E-state index contributed by atoms with van der Waals surface area (Å²) < 4.78 is 70.0. The fourth-order valence-electron chi connectivity index (χ4n) is 8.01. The molecule has 4 aliphatic rings. The van der Waals surface area contributed by atoms with Gasteiger partial charge in [0.1, 0.15) is 5.75 Å². The maximum absolute atomic E-state index is 17.5. The van der Waals surface area contributed by atoms with Crippen LogP contribution in [0.15, 0.2) is 42.5 Å². The third kappa shape index (κ3) is 6.55. The number of carbonyl (C=O) groups is 2. The van der Waals surface area contributed by atoms with E-state index in [1.54, 1.807) is 24.1 Å². The molecule has 0 bridgehead atoms. The Labute approximate surface area is 272 Å². The van der Waals surface area contributed by atoms with Gasteiger partial charge in [0, 0.05) is 75.9 Å². The number of amides is 1. The highest BCUT2D eigenvalue weighted by Crippen LogP contribution is 2.47. The van der Waals surface area contributed by atoms with Gasteiger partial charge in [-0.15, -0.1) is 0 Å². The number of methoxy groups -OCH3 is 2. The van der Waals surface area contributed by atoms with E-state index in [9.17, 15) is 27.9 Å². The van der Waals surface area contributed by atoms with Gasteiger partial charge >= 0.3 is 12.1 Å². The molecule has 47 heavy (non-hydrogen) atoms. The molecule has 3 saturated heterocycles. The fourth-order valence-corrected chi connectivity index (χ4v) is 8.01. The number of benzene rings is 2. The van der Waals surface area contributed by atoms with E-state index < -0.39 is 47.0 Å². The van der Waals surface area contributed by atoms with Crippen molar-refractivity contribution >= 4 is 17.6 Å². The van der Waals surface area contributed by atoms with Crippen LogP contribution in [0, 0.1) is 11.8 Å². The molecule has 0 unspecified atom stereocenters. The first-order valence-corrected chi connectivity index (χ1v) is 16.5. The van der Waals surface area contributed by atoms with Gasteiger partial charge in [-0.25, -0.2) is 4.39 Å². The number of anilines is 1.